The topological polar surface area (TPSA) is 9.23 Å². The van der Waals surface area contributed by atoms with Crippen LogP contribution in [0.3, 0.4) is 0 Å². The molecule has 0 unspecified atom stereocenters. The van der Waals surface area contributed by atoms with E-state index in [1.165, 1.54) is 0 Å². The fourth-order valence-corrected chi connectivity index (χ4v) is 1.59. The van der Waals surface area contributed by atoms with Crippen LogP contribution < -0.4 is 0 Å². The van der Waals surface area contributed by atoms with Gasteiger partial charge in [-0.2, -0.15) is 26.3 Å². The van der Waals surface area contributed by atoms with E-state index in [0.29, 0.717) is 0 Å². The molecule has 1 aromatic rings. The SMILES string of the molecule is Fc1cccc(COC(C(F)(F)F)C(F)(F)F)c1Br. The summed E-state index contributed by atoms with van der Waals surface area (Å²) in [5.41, 5.74) is -0.154. The standard InChI is InChI=1S/C10H6BrF7O/c11-7-5(2-1-3-6(7)12)4-19-8(9(13,14)15)10(16,17)18/h1-3,8H,4H2. The Morgan fingerprint density at radius 3 is 2.05 bits per heavy atom. The van der Waals surface area contributed by atoms with Crippen LogP contribution in [0.1, 0.15) is 5.56 Å². The van der Waals surface area contributed by atoms with Crippen LogP contribution in [-0.2, 0) is 11.3 Å². The second-order valence-electron chi connectivity index (χ2n) is 3.49. The molecule has 0 fully saturated rings. The Labute approximate surface area is 111 Å². The number of ether oxygens (including phenoxy) is 1. The van der Waals surface area contributed by atoms with Gasteiger partial charge in [-0.3, -0.25) is 0 Å². The van der Waals surface area contributed by atoms with Gasteiger partial charge in [-0.15, -0.1) is 0 Å². The van der Waals surface area contributed by atoms with E-state index in [0.717, 1.165) is 18.2 Å². The van der Waals surface area contributed by atoms with Crippen LogP contribution in [0, 0.1) is 5.82 Å². The summed E-state index contributed by atoms with van der Waals surface area (Å²) in [6.07, 6.45) is -15.1. The first-order valence-corrected chi connectivity index (χ1v) is 5.50. The van der Waals surface area contributed by atoms with Gasteiger partial charge in [0.2, 0.25) is 6.10 Å². The van der Waals surface area contributed by atoms with E-state index in [4.69, 9.17) is 0 Å². The van der Waals surface area contributed by atoms with Gasteiger partial charge in [0, 0.05) is 0 Å². The van der Waals surface area contributed by atoms with Crippen molar-refractivity contribution in [2.24, 2.45) is 0 Å². The van der Waals surface area contributed by atoms with Crippen molar-refractivity contribution < 1.29 is 35.5 Å². The number of hydrogen-bond donors (Lipinski definition) is 0. The average Bonchev–Trinajstić information content (AvgIpc) is 2.20. The molecule has 0 saturated heterocycles. The van der Waals surface area contributed by atoms with Crippen molar-refractivity contribution in [1.29, 1.82) is 0 Å². The van der Waals surface area contributed by atoms with Gasteiger partial charge >= 0.3 is 12.4 Å². The predicted molar refractivity (Wildman–Crippen MR) is 54.8 cm³/mol. The zero-order valence-electron chi connectivity index (χ0n) is 8.95. The lowest BCUT2D eigenvalue weighted by atomic mass is 10.2. The van der Waals surface area contributed by atoms with Crippen molar-refractivity contribution >= 4 is 15.9 Å². The lowest BCUT2D eigenvalue weighted by Gasteiger charge is -2.23. The van der Waals surface area contributed by atoms with Crippen molar-refractivity contribution in [2.75, 3.05) is 0 Å². The number of rotatable bonds is 3. The fourth-order valence-electron chi connectivity index (χ4n) is 1.21. The van der Waals surface area contributed by atoms with E-state index in [1.54, 1.807) is 0 Å². The summed E-state index contributed by atoms with van der Waals surface area (Å²) in [6.45, 7) is -1.03. The monoisotopic (exact) mass is 354 g/mol. The van der Waals surface area contributed by atoms with E-state index < -0.39 is 30.9 Å². The summed E-state index contributed by atoms with van der Waals surface area (Å²) < 4.78 is 89.6. The Morgan fingerprint density at radius 2 is 1.58 bits per heavy atom. The maximum atomic E-state index is 13.0. The molecule has 0 spiro atoms. The third-order valence-corrected chi connectivity index (χ3v) is 2.92. The summed E-state index contributed by atoms with van der Waals surface area (Å²) in [5, 5.41) is 0. The molecule has 108 valence electrons. The minimum absolute atomic E-state index is 0.154. The second-order valence-corrected chi connectivity index (χ2v) is 4.28. The molecule has 1 nitrogen and oxygen atoms in total. The van der Waals surface area contributed by atoms with Gasteiger partial charge in [0.05, 0.1) is 11.1 Å². The molecule has 0 aliphatic heterocycles. The smallest absolute Gasteiger partial charge is 0.356 e. The quantitative estimate of drug-likeness (QED) is 0.721. The molecule has 1 rings (SSSR count). The molecule has 9 heteroatoms. The van der Waals surface area contributed by atoms with Crippen LogP contribution in [0.2, 0.25) is 0 Å². The Balaban J connectivity index is 2.86. The third-order valence-electron chi connectivity index (χ3n) is 2.03. The van der Waals surface area contributed by atoms with Crippen LogP contribution in [-0.4, -0.2) is 18.5 Å². The number of benzene rings is 1. The summed E-state index contributed by atoms with van der Waals surface area (Å²) in [4.78, 5) is 0. The van der Waals surface area contributed by atoms with Crippen molar-refractivity contribution in [2.45, 2.75) is 25.1 Å². The molecule has 19 heavy (non-hydrogen) atoms. The van der Waals surface area contributed by atoms with Crippen LogP contribution in [0.25, 0.3) is 0 Å². The van der Waals surface area contributed by atoms with Crippen molar-refractivity contribution in [3.8, 4) is 0 Å². The summed E-state index contributed by atoms with van der Waals surface area (Å²) >= 11 is 2.71. The minimum Gasteiger partial charge on any atom is -0.356 e. The highest BCUT2D eigenvalue weighted by atomic mass is 79.9. The van der Waals surface area contributed by atoms with E-state index in [9.17, 15) is 30.7 Å². The lowest BCUT2D eigenvalue weighted by molar-refractivity contribution is -0.324. The first-order chi connectivity index (χ1) is 8.53. The summed E-state index contributed by atoms with van der Waals surface area (Å²) in [5.74, 6) is -0.809. The van der Waals surface area contributed by atoms with Gasteiger partial charge in [0.25, 0.3) is 0 Å². The Morgan fingerprint density at radius 1 is 1.05 bits per heavy atom. The van der Waals surface area contributed by atoms with Crippen LogP contribution in [0.4, 0.5) is 30.7 Å². The molecule has 0 N–H and O–H groups in total. The molecule has 0 radical (unpaired) electrons. The predicted octanol–water partition coefficient (Wildman–Crippen LogP) is 4.60. The number of hydrogen-bond acceptors (Lipinski definition) is 1. The molecule has 0 atom stereocenters. The highest BCUT2D eigenvalue weighted by Crippen LogP contribution is 2.36. The zero-order chi connectivity index (χ0) is 14.8. The Bertz CT molecular complexity index is 426. The average molecular weight is 355 g/mol. The first kappa shape index (κ1) is 16.2. The maximum Gasteiger partial charge on any atom is 0.423 e. The van der Waals surface area contributed by atoms with Crippen LogP contribution in [0.15, 0.2) is 22.7 Å². The maximum absolute atomic E-state index is 13.0. The van der Waals surface area contributed by atoms with Crippen LogP contribution >= 0.6 is 15.9 Å². The molecule has 0 aliphatic carbocycles. The van der Waals surface area contributed by atoms with Crippen molar-refractivity contribution in [3.05, 3.63) is 34.1 Å². The fraction of sp³-hybridized carbons (Fsp3) is 0.400. The minimum atomic E-state index is -5.59. The van der Waals surface area contributed by atoms with Gasteiger partial charge in [0.1, 0.15) is 5.82 Å². The second kappa shape index (κ2) is 5.66. The molecule has 0 heterocycles. The highest BCUT2D eigenvalue weighted by Gasteiger charge is 2.57. The Kier molecular flexibility index (Phi) is 4.83. The van der Waals surface area contributed by atoms with E-state index in [-0.39, 0.29) is 10.0 Å². The molecule has 0 aliphatic rings. The molecule has 1 aromatic carbocycles. The van der Waals surface area contributed by atoms with Crippen molar-refractivity contribution in [3.63, 3.8) is 0 Å². The Hall–Kier alpha value is -0.830. The van der Waals surface area contributed by atoms with E-state index in [2.05, 4.69) is 20.7 Å². The van der Waals surface area contributed by atoms with Crippen LogP contribution in [0.5, 0.6) is 0 Å². The number of halogens is 8. The number of alkyl halides is 6. The summed E-state index contributed by atoms with van der Waals surface area (Å²) in [6, 6.07) is 3.30. The van der Waals surface area contributed by atoms with Crippen molar-refractivity contribution in [1.82, 2.24) is 0 Å². The largest absolute Gasteiger partial charge is 0.423 e. The van der Waals surface area contributed by atoms with Gasteiger partial charge < -0.3 is 4.74 Å². The molecular weight excluding hydrogens is 349 g/mol. The summed E-state index contributed by atoms with van der Waals surface area (Å²) in [7, 11) is 0. The van der Waals surface area contributed by atoms with E-state index in [1.807, 2.05) is 0 Å². The molecule has 0 aromatic heterocycles. The van der Waals surface area contributed by atoms with Gasteiger partial charge in [-0.1, -0.05) is 12.1 Å². The molecular formula is C10H6BrF7O. The molecule has 0 saturated carbocycles. The normalized spacial score (nSPS) is 13.1. The van der Waals surface area contributed by atoms with Gasteiger partial charge in [-0.25, -0.2) is 4.39 Å². The zero-order valence-corrected chi connectivity index (χ0v) is 10.5. The molecule has 0 bridgehead atoms. The van der Waals surface area contributed by atoms with Gasteiger partial charge in [0.15, 0.2) is 0 Å². The first-order valence-electron chi connectivity index (χ1n) is 4.71. The van der Waals surface area contributed by atoms with Gasteiger partial charge in [-0.05, 0) is 27.6 Å². The molecule has 0 amide bonds. The van der Waals surface area contributed by atoms with E-state index >= 15 is 0 Å². The lowest BCUT2D eigenvalue weighted by Crippen LogP contribution is -2.44. The highest BCUT2D eigenvalue weighted by molar-refractivity contribution is 9.10. The third kappa shape index (κ3) is 4.34.